The van der Waals surface area contributed by atoms with Crippen molar-refractivity contribution in [2.45, 2.75) is 45.4 Å². The quantitative estimate of drug-likeness (QED) is 0.405. The molecule has 0 fully saturated rings. The van der Waals surface area contributed by atoms with Crippen LogP contribution in [0, 0.1) is 24.4 Å². The molecule has 0 heterocycles. The van der Waals surface area contributed by atoms with Gasteiger partial charge in [-0.15, -0.1) is 0 Å². The van der Waals surface area contributed by atoms with Crippen molar-refractivity contribution in [2.75, 3.05) is 0 Å². The molecule has 4 rings (SSSR count). The Labute approximate surface area is 176 Å². The lowest BCUT2D eigenvalue weighted by Gasteiger charge is -2.15. The molecule has 3 aromatic carbocycles. The lowest BCUT2D eigenvalue weighted by molar-refractivity contribution is 0.495. The molecule has 1 aliphatic rings. The lowest BCUT2D eigenvalue weighted by Crippen LogP contribution is -2.02. The molecule has 0 nitrogen and oxygen atoms in total. The van der Waals surface area contributed by atoms with Crippen molar-refractivity contribution in [1.82, 2.24) is 0 Å². The van der Waals surface area contributed by atoms with Crippen molar-refractivity contribution in [3.05, 3.63) is 100 Å². The molecular formula is C27H25F3. The van der Waals surface area contributed by atoms with E-state index < -0.39 is 11.6 Å². The molecule has 154 valence electrons. The molecule has 0 N–H and O–H groups in total. The SMILES string of the molecule is Cc1ccc(-c2ccc(CCc3ccc(C4=CCCCC4)c(F)c3F)cc2)cc1F. The third kappa shape index (κ3) is 4.35. The standard InChI is InChI=1S/C27H25F3/c1-18-7-11-23(17-25(18)28)20-12-8-19(9-13-20)10-14-22-15-16-24(27(30)26(22)29)21-5-3-2-4-6-21/h5,7-9,11-13,15-17H,2-4,6,10,14H2,1H3. The van der Waals surface area contributed by atoms with Crippen molar-refractivity contribution in [1.29, 1.82) is 0 Å². The zero-order valence-corrected chi connectivity index (χ0v) is 17.2. The first-order valence-electron chi connectivity index (χ1n) is 10.5. The summed E-state index contributed by atoms with van der Waals surface area (Å²) in [5.74, 6) is -1.68. The van der Waals surface area contributed by atoms with Gasteiger partial charge in [0.05, 0.1) is 0 Å². The summed E-state index contributed by atoms with van der Waals surface area (Å²) >= 11 is 0. The molecule has 0 bridgehead atoms. The van der Waals surface area contributed by atoms with Crippen LogP contribution in [0.25, 0.3) is 16.7 Å². The molecule has 3 aromatic rings. The van der Waals surface area contributed by atoms with Gasteiger partial charge in [0.15, 0.2) is 11.6 Å². The average Bonchev–Trinajstić information content (AvgIpc) is 2.78. The van der Waals surface area contributed by atoms with Gasteiger partial charge < -0.3 is 0 Å². The normalized spacial score (nSPS) is 13.9. The average molecular weight is 406 g/mol. The van der Waals surface area contributed by atoms with Gasteiger partial charge in [-0.2, -0.15) is 0 Å². The Morgan fingerprint density at radius 2 is 1.53 bits per heavy atom. The molecule has 0 spiro atoms. The van der Waals surface area contributed by atoms with Crippen LogP contribution in [-0.2, 0) is 12.8 Å². The van der Waals surface area contributed by atoms with Crippen molar-refractivity contribution >= 4 is 5.57 Å². The summed E-state index contributed by atoms with van der Waals surface area (Å²) in [5, 5.41) is 0. The number of aryl methyl sites for hydroxylation is 3. The highest BCUT2D eigenvalue weighted by atomic mass is 19.2. The van der Waals surface area contributed by atoms with E-state index in [1.54, 1.807) is 25.1 Å². The molecule has 0 saturated carbocycles. The molecule has 30 heavy (non-hydrogen) atoms. The summed E-state index contributed by atoms with van der Waals surface area (Å²) < 4.78 is 43.1. The molecule has 0 aromatic heterocycles. The molecular weight excluding hydrogens is 381 g/mol. The van der Waals surface area contributed by atoms with Gasteiger partial charge in [0.1, 0.15) is 5.82 Å². The van der Waals surface area contributed by atoms with E-state index in [9.17, 15) is 13.2 Å². The van der Waals surface area contributed by atoms with Gasteiger partial charge in [-0.05, 0) is 84.9 Å². The fraction of sp³-hybridized carbons (Fsp3) is 0.259. The molecule has 1 aliphatic carbocycles. The second-order valence-electron chi connectivity index (χ2n) is 8.04. The van der Waals surface area contributed by atoms with E-state index in [0.29, 0.717) is 29.5 Å². The molecule has 0 saturated heterocycles. The van der Waals surface area contributed by atoms with Crippen molar-refractivity contribution in [3.63, 3.8) is 0 Å². The minimum absolute atomic E-state index is 0.221. The van der Waals surface area contributed by atoms with Crippen molar-refractivity contribution < 1.29 is 13.2 Å². The van der Waals surface area contributed by atoms with Gasteiger partial charge in [-0.1, -0.05) is 54.6 Å². The van der Waals surface area contributed by atoms with E-state index in [0.717, 1.165) is 47.9 Å². The highest BCUT2D eigenvalue weighted by Gasteiger charge is 2.17. The number of benzene rings is 3. The minimum Gasteiger partial charge on any atom is -0.207 e. The first-order valence-corrected chi connectivity index (χ1v) is 10.5. The largest absolute Gasteiger partial charge is 0.207 e. The monoisotopic (exact) mass is 406 g/mol. The molecule has 0 amide bonds. The van der Waals surface area contributed by atoms with Gasteiger partial charge in [0.25, 0.3) is 0 Å². The summed E-state index contributed by atoms with van der Waals surface area (Å²) in [6.45, 7) is 1.74. The topological polar surface area (TPSA) is 0 Å². The van der Waals surface area contributed by atoms with Crippen LogP contribution in [0.1, 0.15) is 47.9 Å². The smallest absolute Gasteiger partial charge is 0.166 e. The van der Waals surface area contributed by atoms with E-state index >= 15 is 0 Å². The van der Waals surface area contributed by atoms with Crippen molar-refractivity contribution in [2.24, 2.45) is 0 Å². The third-order valence-corrected chi connectivity index (χ3v) is 5.94. The van der Waals surface area contributed by atoms with Crippen LogP contribution in [0.3, 0.4) is 0 Å². The van der Waals surface area contributed by atoms with Gasteiger partial charge in [0, 0.05) is 5.56 Å². The number of rotatable bonds is 5. The number of halogens is 3. The Balaban J connectivity index is 1.46. The summed E-state index contributed by atoms with van der Waals surface area (Å²) in [7, 11) is 0. The molecule has 0 atom stereocenters. The Morgan fingerprint density at radius 1 is 0.767 bits per heavy atom. The Hall–Kier alpha value is -2.81. The van der Waals surface area contributed by atoms with Crippen LogP contribution in [-0.4, -0.2) is 0 Å². The zero-order valence-electron chi connectivity index (χ0n) is 17.2. The maximum atomic E-state index is 14.6. The van der Waals surface area contributed by atoms with Gasteiger partial charge in [-0.25, -0.2) is 13.2 Å². The predicted octanol–water partition coefficient (Wildman–Crippen LogP) is 7.82. The van der Waals surface area contributed by atoms with Gasteiger partial charge in [0.2, 0.25) is 0 Å². The fourth-order valence-corrected chi connectivity index (χ4v) is 4.03. The van der Waals surface area contributed by atoms with Crippen LogP contribution in [0.4, 0.5) is 13.2 Å². The third-order valence-electron chi connectivity index (χ3n) is 5.94. The molecule has 0 radical (unpaired) electrons. The summed E-state index contributed by atoms with van der Waals surface area (Å²) in [5.41, 5.74) is 5.14. The molecule has 0 unspecified atom stereocenters. The first-order chi connectivity index (χ1) is 14.5. The second-order valence-corrected chi connectivity index (χ2v) is 8.04. The highest BCUT2D eigenvalue weighted by Crippen LogP contribution is 2.31. The van der Waals surface area contributed by atoms with Crippen molar-refractivity contribution in [3.8, 4) is 11.1 Å². The zero-order chi connectivity index (χ0) is 21.1. The van der Waals surface area contributed by atoms with Crippen LogP contribution in [0.15, 0.2) is 60.7 Å². The van der Waals surface area contributed by atoms with Gasteiger partial charge >= 0.3 is 0 Å². The summed E-state index contributed by atoms with van der Waals surface area (Å²) in [6.07, 6.45) is 6.96. The molecule has 0 aliphatic heterocycles. The second kappa shape index (κ2) is 8.91. The summed E-state index contributed by atoms with van der Waals surface area (Å²) in [4.78, 5) is 0. The number of hydrogen-bond donors (Lipinski definition) is 0. The minimum atomic E-state index is -0.731. The van der Waals surface area contributed by atoms with Gasteiger partial charge in [-0.3, -0.25) is 0 Å². The van der Waals surface area contributed by atoms with E-state index in [2.05, 4.69) is 0 Å². The van der Waals surface area contributed by atoms with Crippen LogP contribution in [0.5, 0.6) is 0 Å². The van der Waals surface area contributed by atoms with Crippen LogP contribution < -0.4 is 0 Å². The van der Waals surface area contributed by atoms with E-state index in [-0.39, 0.29) is 5.82 Å². The highest BCUT2D eigenvalue weighted by molar-refractivity contribution is 5.67. The van der Waals surface area contributed by atoms with Crippen LogP contribution >= 0.6 is 0 Å². The predicted molar refractivity (Wildman–Crippen MR) is 117 cm³/mol. The number of hydrogen-bond acceptors (Lipinski definition) is 0. The Bertz CT molecular complexity index is 1080. The van der Waals surface area contributed by atoms with E-state index in [4.69, 9.17) is 0 Å². The Kier molecular flexibility index (Phi) is 6.08. The van der Waals surface area contributed by atoms with E-state index in [1.807, 2.05) is 36.4 Å². The first kappa shape index (κ1) is 20.5. The lowest BCUT2D eigenvalue weighted by atomic mass is 9.92. The molecule has 3 heteroatoms. The number of allylic oxidation sites excluding steroid dienone is 2. The maximum Gasteiger partial charge on any atom is 0.166 e. The summed E-state index contributed by atoms with van der Waals surface area (Å²) in [6, 6.07) is 16.4. The van der Waals surface area contributed by atoms with E-state index in [1.165, 1.54) is 6.07 Å². The van der Waals surface area contributed by atoms with Crippen LogP contribution in [0.2, 0.25) is 0 Å². The Morgan fingerprint density at radius 3 is 2.23 bits per heavy atom. The maximum absolute atomic E-state index is 14.6. The fourth-order valence-electron chi connectivity index (χ4n) is 4.03.